The molecule has 2 aromatic carbocycles. The van der Waals surface area contributed by atoms with E-state index < -0.39 is 17.7 Å². The Kier molecular flexibility index (Phi) is 5.12. The lowest BCUT2D eigenvalue weighted by atomic mass is 10.1. The van der Waals surface area contributed by atoms with E-state index in [1.807, 2.05) is 18.2 Å². The van der Waals surface area contributed by atoms with Gasteiger partial charge in [0.15, 0.2) is 11.6 Å². The predicted molar refractivity (Wildman–Crippen MR) is 101 cm³/mol. The predicted octanol–water partition coefficient (Wildman–Crippen LogP) is 3.64. The average Bonchev–Trinajstić information content (AvgIpc) is 3.23. The van der Waals surface area contributed by atoms with Gasteiger partial charge in [-0.3, -0.25) is 4.79 Å². The molecule has 3 aromatic rings. The first-order valence-electron chi connectivity index (χ1n) is 8.95. The van der Waals surface area contributed by atoms with Crippen molar-refractivity contribution in [2.75, 3.05) is 17.2 Å². The molecule has 1 aromatic heterocycles. The van der Waals surface area contributed by atoms with Gasteiger partial charge in [-0.1, -0.05) is 12.1 Å². The van der Waals surface area contributed by atoms with E-state index in [1.165, 1.54) is 6.33 Å². The van der Waals surface area contributed by atoms with Crippen molar-refractivity contribution in [2.24, 2.45) is 0 Å². The summed E-state index contributed by atoms with van der Waals surface area (Å²) in [4.78, 5) is 20.3. The maximum Gasteiger partial charge on any atom is 0.253 e. The van der Waals surface area contributed by atoms with Crippen LogP contribution in [0.2, 0.25) is 0 Å². The lowest BCUT2D eigenvalue weighted by molar-refractivity contribution is -0.124. The van der Waals surface area contributed by atoms with Crippen molar-refractivity contribution in [3.05, 3.63) is 59.9 Å². The van der Waals surface area contributed by atoms with Crippen LogP contribution in [-0.4, -0.2) is 28.6 Å². The standard InChI is InChI=1S/C20H18F2N4O2/c21-15-8-14-17(9-16(15)22)24-11-25-19(14)23-10-12-3-1-4-13(7-12)26-20(27)18-5-2-6-28-18/h1,3-4,7-9,11,18H,2,5-6,10H2,(H,26,27)(H,23,24,25). The molecule has 4 rings (SSSR count). The minimum atomic E-state index is -0.954. The summed E-state index contributed by atoms with van der Waals surface area (Å²) in [6.07, 6.45) is 2.51. The summed E-state index contributed by atoms with van der Waals surface area (Å²) < 4.78 is 32.4. The van der Waals surface area contributed by atoms with Gasteiger partial charge >= 0.3 is 0 Å². The molecular weight excluding hydrogens is 366 g/mol. The van der Waals surface area contributed by atoms with Crippen LogP contribution < -0.4 is 10.6 Å². The van der Waals surface area contributed by atoms with Crippen LogP contribution in [0.4, 0.5) is 20.3 Å². The first-order valence-corrected chi connectivity index (χ1v) is 8.95. The minimum absolute atomic E-state index is 0.151. The number of benzene rings is 2. The van der Waals surface area contributed by atoms with Gasteiger partial charge < -0.3 is 15.4 Å². The average molecular weight is 384 g/mol. The van der Waals surface area contributed by atoms with Crippen molar-refractivity contribution in [1.82, 2.24) is 9.97 Å². The van der Waals surface area contributed by atoms with Gasteiger partial charge in [-0.25, -0.2) is 18.7 Å². The fourth-order valence-electron chi connectivity index (χ4n) is 3.14. The van der Waals surface area contributed by atoms with Gasteiger partial charge in [-0.05, 0) is 36.6 Å². The summed E-state index contributed by atoms with van der Waals surface area (Å²) in [5.41, 5.74) is 1.87. The monoisotopic (exact) mass is 384 g/mol. The summed E-state index contributed by atoms with van der Waals surface area (Å²) in [6, 6.07) is 9.47. The van der Waals surface area contributed by atoms with Gasteiger partial charge in [0, 0.05) is 30.3 Å². The molecule has 1 aliphatic heterocycles. The highest BCUT2D eigenvalue weighted by molar-refractivity contribution is 5.94. The highest BCUT2D eigenvalue weighted by Gasteiger charge is 2.23. The quantitative estimate of drug-likeness (QED) is 0.702. The number of fused-ring (bicyclic) bond motifs is 1. The number of carbonyl (C=O) groups is 1. The second kappa shape index (κ2) is 7.85. The molecule has 8 heteroatoms. The highest BCUT2D eigenvalue weighted by atomic mass is 19.2. The molecule has 1 saturated heterocycles. The van der Waals surface area contributed by atoms with Crippen LogP contribution >= 0.6 is 0 Å². The van der Waals surface area contributed by atoms with Gasteiger partial charge in [0.25, 0.3) is 5.91 Å². The molecule has 0 radical (unpaired) electrons. The van der Waals surface area contributed by atoms with E-state index in [4.69, 9.17) is 4.74 Å². The molecule has 2 heterocycles. The van der Waals surface area contributed by atoms with Crippen LogP contribution in [0.1, 0.15) is 18.4 Å². The molecule has 2 N–H and O–H groups in total. The molecule has 0 bridgehead atoms. The fraction of sp³-hybridized carbons (Fsp3) is 0.250. The Morgan fingerprint density at radius 3 is 2.86 bits per heavy atom. The minimum Gasteiger partial charge on any atom is -0.368 e. The van der Waals surface area contributed by atoms with Crippen molar-refractivity contribution >= 4 is 28.3 Å². The Hall–Kier alpha value is -3.13. The number of nitrogens with zero attached hydrogens (tertiary/aromatic N) is 2. The van der Waals surface area contributed by atoms with Gasteiger partial charge in [0.05, 0.1) is 5.52 Å². The van der Waals surface area contributed by atoms with E-state index >= 15 is 0 Å². The Morgan fingerprint density at radius 2 is 2.04 bits per heavy atom. The maximum absolute atomic E-state index is 13.6. The molecule has 1 atom stereocenters. The summed E-state index contributed by atoms with van der Waals surface area (Å²) in [7, 11) is 0. The van der Waals surface area contributed by atoms with Crippen LogP contribution in [-0.2, 0) is 16.1 Å². The van der Waals surface area contributed by atoms with Crippen molar-refractivity contribution < 1.29 is 18.3 Å². The third-order valence-corrected chi connectivity index (χ3v) is 4.55. The number of ether oxygens (including phenoxy) is 1. The lowest BCUT2D eigenvalue weighted by Crippen LogP contribution is -2.26. The van der Waals surface area contributed by atoms with E-state index in [0.29, 0.717) is 35.6 Å². The van der Waals surface area contributed by atoms with Gasteiger partial charge in [-0.15, -0.1) is 0 Å². The number of hydrogen-bond acceptors (Lipinski definition) is 5. The molecule has 1 amide bonds. The molecule has 6 nitrogen and oxygen atoms in total. The normalized spacial score (nSPS) is 16.3. The maximum atomic E-state index is 13.6. The Bertz CT molecular complexity index is 1020. The Balaban J connectivity index is 1.47. The topological polar surface area (TPSA) is 76.1 Å². The number of rotatable bonds is 5. The van der Waals surface area contributed by atoms with Crippen molar-refractivity contribution in [2.45, 2.75) is 25.5 Å². The lowest BCUT2D eigenvalue weighted by Gasteiger charge is -2.12. The molecule has 1 aliphatic rings. The Labute approximate surface area is 159 Å². The van der Waals surface area contributed by atoms with Gasteiger partial charge in [-0.2, -0.15) is 0 Å². The molecule has 0 aliphatic carbocycles. The van der Waals surface area contributed by atoms with Crippen LogP contribution in [0, 0.1) is 11.6 Å². The molecule has 1 fully saturated rings. The number of nitrogens with one attached hydrogen (secondary N) is 2. The summed E-state index contributed by atoms with van der Waals surface area (Å²) >= 11 is 0. The number of halogens is 2. The van der Waals surface area contributed by atoms with Crippen molar-refractivity contribution in [3.63, 3.8) is 0 Å². The van der Waals surface area contributed by atoms with Crippen molar-refractivity contribution in [1.29, 1.82) is 0 Å². The van der Waals surface area contributed by atoms with Crippen molar-refractivity contribution in [3.8, 4) is 0 Å². The molecule has 0 spiro atoms. The third kappa shape index (κ3) is 3.91. The number of amides is 1. The highest BCUT2D eigenvalue weighted by Crippen LogP contribution is 2.23. The molecule has 28 heavy (non-hydrogen) atoms. The zero-order valence-corrected chi connectivity index (χ0v) is 14.9. The van der Waals surface area contributed by atoms with Crippen LogP contribution in [0.5, 0.6) is 0 Å². The van der Waals surface area contributed by atoms with Crippen LogP contribution in [0.3, 0.4) is 0 Å². The number of carbonyl (C=O) groups excluding carboxylic acids is 1. The van der Waals surface area contributed by atoms with E-state index in [-0.39, 0.29) is 5.91 Å². The summed E-state index contributed by atoms with van der Waals surface area (Å²) in [6.45, 7) is 0.994. The zero-order valence-electron chi connectivity index (χ0n) is 14.9. The van der Waals surface area contributed by atoms with Crippen LogP contribution in [0.25, 0.3) is 10.9 Å². The largest absolute Gasteiger partial charge is 0.368 e. The number of hydrogen-bond donors (Lipinski definition) is 2. The Morgan fingerprint density at radius 1 is 1.18 bits per heavy atom. The second-order valence-electron chi connectivity index (χ2n) is 6.55. The molecular formula is C20H18F2N4O2. The third-order valence-electron chi connectivity index (χ3n) is 4.55. The van der Waals surface area contributed by atoms with E-state index in [1.54, 1.807) is 6.07 Å². The molecule has 1 unspecified atom stereocenters. The summed E-state index contributed by atoms with van der Waals surface area (Å²) in [5, 5.41) is 6.36. The first-order chi connectivity index (χ1) is 13.6. The molecule has 0 saturated carbocycles. The zero-order chi connectivity index (χ0) is 19.5. The van der Waals surface area contributed by atoms with Crippen LogP contribution in [0.15, 0.2) is 42.7 Å². The smallest absolute Gasteiger partial charge is 0.253 e. The van der Waals surface area contributed by atoms with Gasteiger partial charge in [0.2, 0.25) is 0 Å². The number of aromatic nitrogens is 2. The SMILES string of the molecule is O=C(Nc1cccc(CNc2ncnc3cc(F)c(F)cc23)c1)C1CCCO1. The van der Waals surface area contributed by atoms with E-state index in [2.05, 4.69) is 20.6 Å². The fourth-order valence-corrected chi connectivity index (χ4v) is 3.14. The first kappa shape index (κ1) is 18.2. The van der Waals surface area contributed by atoms with E-state index in [9.17, 15) is 13.6 Å². The number of anilines is 2. The van der Waals surface area contributed by atoms with Gasteiger partial charge in [0.1, 0.15) is 18.2 Å². The molecule has 144 valence electrons. The van der Waals surface area contributed by atoms with E-state index in [0.717, 1.165) is 30.5 Å². The summed E-state index contributed by atoms with van der Waals surface area (Å²) in [5.74, 6) is -1.66. The second-order valence-corrected chi connectivity index (χ2v) is 6.55.